The van der Waals surface area contributed by atoms with Crippen molar-refractivity contribution in [3.63, 3.8) is 0 Å². The number of benzene rings is 2. The van der Waals surface area contributed by atoms with Gasteiger partial charge in [0.1, 0.15) is 47.0 Å². The molecule has 5 atom stereocenters. The molecule has 8 heterocycles. The number of piperazine rings is 1. The molecule has 2 unspecified atom stereocenters. The molecule has 0 spiro atoms. The first kappa shape index (κ1) is 33.4. The van der Waals surface area contributed by atoms with Gasteiger partial charge in [0, 0.05) is 35.2 Å². The third-order valence-corrected chi connectivity index (χ3v) is 13.2. The first-order chi connectivity index (χ1) is 25.4. The zero-order chi connectivity index (χ0) is 36.6. The lowest BCUT2D eigenvalue weighted by Crippen LogP contribution is -2.63. The predicted molar refractivity (Wildman–Crippen MR) is 199 cm³/mol. The van der Waals surface area contributed by atoms with E-state index in [1.165, 1.54) is 11.3 Å². The second kappa shape index (κ2) is 11.6. The van der Waals surface area contributed by atoms with E-state index in [0.29, 0.717) is 52.3 Å². The molecule has 53 heavy (non-hydrogen) atoms. The van der Waals surface area contributed by atoms with Crippen LogP contribution in [0.4, 0.5) is 25.2 Å². The monoisotopic (exact) mass is 764 g/mol. The highest BCUT2D eigenvalue weighted by molar-refractivity contribution is 7.25. The SMILES string of the molecule is CC(C)(C)OC(=O)N1C2CCC1[C@H]1COc3c(Cl)c(-c4cccc5sc6n[nH]c(N)c6c45)c(F)c4nc(OC[C@@]56CCCN5C[C@H](F)C6)nc(c34)N1C2. The minimum atomic E-state index is -0.934. The molecule has 10 rings (SSSR count). The summed E-state index contributed by atoms with van der Waals surface area (Å²) in [7, 11) is 0. The lowest BCUT2D eigenvalue weighted by Gasteiger charge is -2.46. The smallest absolute Gasteiger partial charge is 0.410 e. The summed E-state index contributed by atoms with van der Waals surface area (Å²) in [5, 5.41) is 9.02. The van der Waals surface area contributed by atoms with Crippen molar-refractivity contribution < 1.29 is 27.8 Å². The van der Waals surface area contributed by atoms with Crippen molar-refractivity contribution in [3.05, 3.63) is 29.0 Å². The number of hydrogen-bond donors (Lipinski definition) is 2. The van der Waals surface area contributed by atoms with Crippen LogP contribution in [0.25, 0.3) is 42.3 Å². The fourth-order valence-electron chi connectivity index (χ4n) is 9.62. The molecule has 5 aromatic rings. The largest absolute Gasteiger partial charge is 0.489 e. The van der Waals surface area contributed by atoms with E-state index in [4.69, 9.17) is 41.5 Å². The van der Waals surface area contributed by atoms with Crippen LogP contribution in [0, 0.1) is 5.82 Å². The number of thiophene rings is 1. The number of alkyl halides is 1. The number of carbonyl (C=O) groups excluding carboxylic acids is 1. The van der Waals surface area contributed by atoms with Crippen LogP contribution >= 0.6 is 22.9 Å². The van der Waals surface area contributed by atoms with Crippen LogP contribution in [0.3, 0.4) is 0 Å². The van der Waals surface area contributed by atoms with E-state index < -0.39 is 23.1 Å². The van der Waals surface area contributed by atoms with Gasteiger partial charge in [-0.15, -0.1) is 11.3 Å². The molecule has 3 aromatic heterocycles. The zero-order valence-electron chi connectivity index (χ0n) is 29.5. The van der Waals surface area contributed by atoms with Crippen molar-refractivity contribution in [2.24, 2.45) is 0 Å². The van der Waals surface area contributed by atoms with Crippen molar-refractivity contribution >= 4 is 71.9 Å². The molecule has 3 N–H and O–H groups in total. The summed E-state index contributed by atoms with van der Waals surface area (Å²) in [6, 6.07) is 4.83. The van der Waals surface area contributed by atoms with E-state index in [0.717, 1.165) is 42.3 Å². The average Bonchev–Trinajstić information content (AvgIpc) is 3.88. The third-order valence-electron chi connectivity index (χ3n) is 11.8. The molecule has 278 valence electrons. The van der Waals surface area contributed by atoms with Crippen LogP contribution < -0.4 is 20.1 Å². The molecule has 2 bridgehead atoms. The Morgan fingerprint density at radius 2 is 2.04 bits per heavy atom. The molecule has 4 fully saturated rings. The number of nitrogens with zero attached hydrogens (tertiary/aromatic N) is 6. The number of nitrogens with one attached hydrogen (secondary N) is 1. The van der Waals surface area contributed by atoms with Gasteiger partial charge in [-0.1, -0.05) is 23.7 Å². The minimum Gasteiger partial charge on any atom is -0.489 e. The van der Waals surface area contributed by atoms with Crippen LogP contribution in [-0.2, 0) is 4.74 Å². The summed E-state index contributed by atoms with van der Waals surface area (Å²) in [6.45, 7) is 7.50. The van der Waals surface area contributed by atoms with Crippen molar-refractivity contribution in [2.45, 2.75) is 88.3 Å². The van der Waals surface area contributed by atoms with Gasteiger partial charge in [0.15, 0.2) is 11.6 Å². The van der Waals surface area contributed by atoms with E-state index >= 15 is 4.39 Å². The second-order valence-electron chi connectivity index (χ2n) is 16.1. The van der Waals surface area contributed by atoms with Gasteiger partial charge in [0.2, 0.25) is 0 Å². The third kappa shape index (κ3) is 4.98. The number of nitrogens with two attached hydrogens (primary N) is 1. The van der Waals surface area contributed by atoms with Crippen LogP contribution in [-0.4, -0.2) is 104 Å². The van der Waals surface area contributed by atoms with E-state index in [-0.39, 0.29) is 65.3 Å². The molecular formula is C37H39ClF2N8O4S. The van der Waals surface area contributed by atoms with Crippen LogP contribution in [0.1, 0.15) is 52.9 Å². The number of ether oxygens (including phenoxy) is 3. The van der Waals surface area contributed by atoms with Gasteiger partial charge in [0.25, 0.3) is 0 Å². The summed E-state index contributed by atoms with van der Waals surface area (Å²) in [5.41, 5.74) is 5.86. The van der Waals surface area contributed by atoms with Crippen molar-refractivity contribution in [1.82, 2.24) is 30.0 Å². The van der Waals surface area contributed by atoms with Crippen LogP contribution in [0.5, 0.6) is 11.8 Å². The Labute approximate surface area is 312 Å². The van der Waals surface area contributed by atoms with Gasteiger partial charge in [0.05, 0.1) is 39.5 Å². The quantitative estimate of drug-likeness (QED) is 0.196. The number of halogens is 3. The molecule has 0 saturated carbocycles. The lowest BCUT2D eigenvalue weighted by atomic mass is 9.95. The van der Waals surface area contributed by atoms with Gasteiger partial charge in [-0.25, -0.2) is 13.6 Å². The summed E-state index contributed by atoms with van der Waals surface area (Å²) in [4.78, 5) is 30.1. The van der Waals surface area contributed by atoms with Gasteiger partial charge < -0.3 is 24.8 Å². The van der Waals surface area contributed by atoms with Gasteiger partial charge in [-0.2, -0.15) is 15.1 Å². The number of hydrogen-bond acceptors (Lipinski definition) is 11. The minimum absolute atomic E-state index is 0.00109. The maximum Gasteiger partial charge on any atom is 0.410 e. The Bertz CT molecular complexity index is 2350. The molecule has 0 radical (unpaired) electrons. The molecule has 2 aromatic carbocycles. The molecular weight excluding hydrogens is 726 g/mol. The molecule has 0 aliphatic carbocycles. The van der Waals surface area contributed by atoms with Crippen LogP contribution in [0.2, 0.25) is 5.02 Å². The summed E-state index contributed by atoms with van der Waals surface area (Å²) in [5.74, 6) is 0.407. The van der Waals surface area contributed by atoms with Crippen LogP contribution in [0.15, 0.2) is 18.2 Å². The average molecular weight is 765 g/mol. The summed E-state index contributed by atoms with van der Waals surface area (Å²) >= 11 is 8.72. The number of carbonyl (C=O) groups is 1. The maximum atomic E-state index is 17.5. The molecule has 16 heteroatoms. The number of rotatable bonds is 4. The zero-order valence-corrected chi connectivity index (χ0v) is 31.1. The summed E-state index contributed by atoms with van der Waals surface area (Å²) in [6.07, 6.45) is 2.33. The number of aromatic nitrogens is 4. The molecule has 5 aliphatic rings. The van der Waals surface area contributed by atoms with E-state index in [1.807, 2.05) is 43.9 Å². The Morgan fingerprint density at radius 1 is 1.19 bits per heavy atom. The summed E-state index contributed by atoms with van der Waals surface area (Å²) < 4.78 is 52.0. The number of nitrogen functional groups attached to an aromatic ring is 1. The van der Waals surface area contributed by atoms with Crippen molar-refractivity contribution in [3.8, 4) is 22.9 Å². The number of amides is 1. The maximum absolute atomic E-state index is 17.5. The number of H-pyrrole nitrogens is 1. The van der Waals surface area contributed by atoms with Gasteiger partial charge in [-0.05, 0) is 64.6 Å². The molecule has 1 amide bonds. The lowest BCUT2D eigenvalue weighted by molar-refractivity contribution is 0.00545. The van der Waals surface area contributed by atoms with Crippen molar-refractivity contribution in [1.29, 1.82) is 0 Å². The number of fused-ring (bicyclic) bond motifs is 9. The van der Waals surface area contributed by atoms with E-state index in [9.17, 15) is 9.18 Å². The highest BCUT2D eigenvalue weighted by atomic mass is 35.5. The number of aromatic amines is 1. The number of anilines is 2. The fraction of sp³-hybridized carbons (Fsp3) is 0.514. The standard InChI is InChI=1S/C37H39ClF2N8O4S/c1-36(2,3)52-35(49)48-18-8-9-20(48)21-15-50-30-26-29(28(40)24(27(30)38)19-6-4-7-22-23(19)25-31(41)44-45-33(25)53-22)42-34(43-32(26)47(21)14-18)51-16-37-10-5-11-46(37)13-17(39)12-37/h4,6-7,17-18,20-21H,5,8-16H2,1-3H3,(H3,41,44,45)/t17-,18?,20?,21-,37+/m1/s1. The van der Waals surface area contributed by atoms with Crippen molar-refractivity contribution in [2.75, 3.05) is 43.5 Å². The fourth-order valence-corrected chi connectivity index (χ4v) is 11.0. The predicted octanol–water partition coefficient (Wildman–Crippen LogP) is 7.07. The molecule has 5 aliphatic heterocycles. The topological polar surface area (TPSA) is 135 Å². The Morgan fingerprint density at radius 3 is 2.87 bits per heavy atom. The van der Waals surface area contributed by atoms with Gasteiger partial charge in [-0.3, -0.25) is 14.9 Å². The Balaban J connectivity index is 1.15. The van der Waals surface area contributed by atoms with E-state index in [2.05, 4.69) is 20.0 Å². The van der Waals surface area contributed by atoms with E-state index in [1.54, 1.807) is 0 Å². The first-order valence-corrected chi connectivity index (χ1v) is 19.4. The Kier molecular flexibility index (Phi) is 7.33. The first-order valence-electron chi connectivity index (χ1n) is 18.2. The van der Waals surface area contributed by atoms with Gasteiger partial charge >= 0.3 is 12.1 Å². The Hall–Kier alpha value is -4.21. The highest BCUT2D eigenvalue weighted by Crippen LogP contribution is 2.52. The normalized spacial score (nSPS) is 26.7. The molecule has 4 saturated heterocycles. The second-order valence-corrected chi connectivity index (χ2v) is 17.5. The molecule has 12 nitrogen and oxygen atoms in total. The highest BCUT2D eigenvalue weighted by Gasteiger charge is 2.53.